The van der Waals surface area contributed by atoms with Crippen LogP contribution >= 0.6 is 39.3 Å². The number of hydrogen-bond donors (Lipinski definition) is 0. The number of nitrogens with zero attached hydrogens (tertiary/aromatic N) is 4. The van der Waals surface area contributed by atoms with Crippen LogP contribution in [0.15, 0.2) is 51.3 Å². The lowest BCUT2D eigenvalue weighted by Gasteiger charge is -2.05. The van der Waals surface area contributed by atoms with Crippen molar-refractivity contribution >= 4 is 50.2 Å². The molecule has 2 aromatic heterocycles. The molecule has 0 saturated heterocycles. The summed E-state index contributed by atoms with van der Waals surface area (Å²) in [7, 11) is 0. The highest BCUT2D eigenvalue weighted by atomic mass is 79.9. The average molecular weight is 354 g/mol. The van der Waals surface area contributed by atoms with Crippen molar-refractivity contribution in [3.05, 3.63) is 46.5 Å². The fourth-order valence-electron chi connectivity index (χ4n) is 1.56. The monoisotopic (exact) mass is 352 g/mol. The molecular formula is C12H6BrClN4S. The van der Waals surface area contributed by atoms with Crippen LogP contribution in [0.5, 0.6) is 0 Å². The molecule has 19 heavy (non-hydrogen) atoms. The Labute approximate surface area is 126 Å². The second-order valence-electron chi connectivity index (χ2n) is 3.59. The second-order valence-corrected chi connectivity index (χ2v) is 5.76. The highest BCUT2D eigenvalue weighted by Gasteiger charge is 2.10. The Morgan fingerprint density at radius 2 is 1.89 bits per heavy atom. The fourth-order valence-corrected chi connectivity index (χ4v) is 3.02. The summed E-state index contributed by atoms with van der Waals surface area (Å²) in [6.45, 7) is 0. The van der Waals surface area contributed by atoms with Gasteiger partial charge in [0.25, 0.3) is 0 Å². The summed E-state index contributed by atoms with van der Waals surface area (Å²) in [4.78, 5) is 16.6. The molecule has 0 aliphatic heterocycles. The maximum atomic E-state index is 5.81. The van der Waals surface area contributed by atoms with Crippen molar-refractivity contribution in [2.45, 2.75) is 10.1 Å². The van der Waals surface area contributed by atoms with E-state index in [1.54, 1.807) is 12.5 Å². The van der Waals surface area contributed by atoms with Gasteiger partial charge in [-0.1, -0.05) is 18.2 Å². The molecule has 0 N–H and O–H groups in total. The van der Waals surface area contributed by atoms with Gasteiger partial charge in [-0.25, -0.2) is 19.9 Å². The van der Waals surface area contributed by atoms with Crippen LogP contribution in [-0.2, 0) is 0 Å². The van der Waals surface area contributed by atoms with Gasteiger partial charge in [-0.3, -0.25) is 0 Å². The molecule has 0 fully saturated rings. The summed E-state index contributed by atoms with van der Waals surface area (Å²) >= 11 is 10.6. The van der Waals surface area contributed by atoms with Crippen molar-refractivity contribution in [1.82, 2.24) is 19.9 Å². The minimum Gasteiger partial charge on any atom is -0.236 e. The Morgan fingerprint density at radius 3 is 2.79 bits per heavy atom. The molecule has 0 aliphatic rings. The smallest absolute Gasteiger partial charge is 0.223 e. The van der Waals surface area contributed by atoms with Gasteiger partial charge in [0.15, 0.2) is 0 Å². The van der Waals surface area contributed by atoms with Gasteiger partial charge in [0.2, 0.25) is 5.28 Å². The van der Waals surface area contributed by atoms with Gasteiger partial charge in [0.1, 0.15) is 16.4 Å². The molecule has 0 radical (unpaired) electrons. The van der Waals surface area contributed by atoms with E-state index in [0.717, 1.165) is 25.4 Å². The molecule has 0 bridgehead atoms. The highest BCUT2D eigenvalue weighted by molar-refractivity contribution is 9.10. The van der Waals surface area contributed by atoms with E-state index in [1.807, 2.05) is 24.3 Å². The van der Waals surface area contributed by atoms with E-state index in [-0.39, 0.29) is 5.28 Å². The van der Waals surface area contributed by atoms with Gasteiger partial charge in [-0.15, -0.1) is 0 Å². The summed E-state index contributed by atoms with van der Waals surface area (Å²) < 4.78 is 0.782. The summed E-state index contributed by atoms with van der Waals surface area (Å²) in [6.07, 6.45) is 3.17. The molecule has 1 aromatic carbocycles. The molecule has 0 atom stereocenters. The summed E-state index contributed by atoms with van der Waals surface area (Å²) in [5, 5.41) is 2.76. The van der Waals surface area contributed by atoms with Crippen LogP contribution < -0.4 is 0 Å². The Balaban J connectivity index is 2.08. The van der Waals surface area contributed by atoms with Crippen molar-refractivity contribution in [2.24, 2.45) is 0 Å². The Kier molecular flexibility index (Phi) is 3.63. The van der Waals surface area contributed by atoms with E-state index in [0.29, 0.717) is 0 Å². The topological polar surface area (TPSA) is 51.6 Å². The van der Waals surface area contributed by atoms with E-state index in [2.05, 4.69) is 35.9 Å². The number of rotatable bonds is 2. The van der Waals surface area contributed by atoms with Crippen molar-refractivity contribution in [2.75, 3.05) is 0 Å². The molecule has 3 aromatic rings. The first kappa shape index (κ1) is 12.8. The van der Waals surface area contributed by atoms with Crippen LogP contribution in [0.3, 0.4) is 0 Å². The summed E-state index contributed by atoms with van der Waals surface area (Å²) in [5.41, 5.74) is 0.899. The first-order chi connectivity index (χ1) is 9.24. The van der Waals surface area contributed by atoms with Crippen LogP contribution in [0.1, 0.15) is 0 Å². The molecule has 0 amide bonds. The van der Waals surface area contributed by atoms with Gasteiger partial charge < -0.3 is 0 Å². The predicted octanol–water partition coefficient (Wildman–Crippen LogP) is 3.99. The standard InChI is InChI=1S/C12H6BrClN4S/c13-8-5-15-12(14)18-11(8)19-10-7-3-1-2-4-9(7)16-6-17-10/h1-6H. The molecule has 0 spiro atoms. The number of fused-ring (bicyclic) bond motifs is 1. The highest BCUT2D eigenvalue weighted by Crippen LogP contribution is 2.34. The molecule has 4 nitrogen and oxygen atoms in total. The van der Waals surface area contributed by atoms with Crippen LogP contribution in [0.4, 0.5) is 0 Å². The minimum atomic E-state index is 0.212. The van der Waals surface area contributed by atoms with Crippen LogP contribution in [0.2, 0.25) is 5.28 Å². The van der Waals surface area contributed by atoms with E-state index >= 15 is 0 Å². The number of hydrogen-bond acceptors (Lipinski definition) is 5. The summed E-state index contributed by atoms with van der Waals surface area (Å²) in [6, 6.07) is 7.83. The lowest BCUT2D eigenvalue weighted by Crippen LogP contribution is -1.90. The first-order valence-corrected chi connectivity index (χ1v) is 7.28. The Hall–Kier alpha value is -1.24. The Bertz CT molecular complexity index is 747. The second kappa shape index (κ2) is 5.40. The van der Waals surface area contributed by atoms with E-state index in [1.165, 1.54) is 11.8 Å². The third-order valence-corrected chi connectivity index (χ3v) is 4.43. The molecule has 2 heterocycles. The van der Waals surface area contributed by atoms with Crippen LogP contribution in [-0.4, -0.2) is 19.9 Å². The average Bonchev–Trinajstić information content (AvgIpc) is 2.43. The molecule has 0 saturated carbocycles. The first-order valence-electron chi connectivity index (χ1n) is 5.29. The van der Waals surface area contributed by atoms with Gasteiger partial charge in [0, 0.05) is 11.6 Å². The molecular weight excluding hydrogens is 348 g/mol. The zero-order valence-electron chi connectivity index (χ0n) is 9.42. The SMILES string of the molecule is Clc1ncc(Br)c(Sc2ncnc3ccccc23)n1. The molecule has 0 unspecified atom stereocenters. The van der Waals surface area contributed by atoms with Crippen molar-refractivity contribution in [3.8, 4) is 0 Å². The van der Waals surface area contributed by atoms with Gasteiger partial charge in [-0.2, -0.15) is 0 Å². The fraction of sp³-hybridized carbons (Fsp3) is 0. The minimum absolute atomic E-state index is 0.212. The normalized spacial score (nSPS) is 10.8. The molecule has 3 rings (SSSR count). The van der Waals surface area contributed by atoms with E-state index in [4.69, 9.17) is 11.6 Å². The quantitative estimate of drug-likeness (QED) is 0.515. The van der Waals surface area contributed by atoms with Crippen molar-refractivity contribution < 1.29 is 0 Å². The van der Waals surface area contributed by atoms with Crippen LogP contribution in [0, 0.1) is 0 Å². The largest absolute Gasteiger partial charge is 0.236 e. The zero-order chi connectivity index (χ0) is 13.2. The third kappa shape index (κ3) is 2.70. The molecule has 94 valence electrons. The Morgan fingerprint density at radius 1 is 1.05 bits per heavy atom. The maximum absolute atomic E-state index is 5.81. The summed E-state index contributed by atoms with van der Waals surface area (Å²) in [5.74, 6) is 0. The molecule has 7 heteroatoms. The maximum Gasteiger partial charge on any atom is 0.223 e. The van der Waals surface area contributed by atoms with Crippen molar-refractivity contribution in [3.63, 3.8) is 0 Å². The van der Waals surface area contributed by atoms with Gasteiger partial charge >= 0.3 is 0 Å². The zero-order valence-corrected chi connectivity index (χ0v) is 12.6. The number of halogens is 2. The number of aromatic nitrogens is 4. The van der Waals surface area contributed by atoms with E-state index in [9.17, 15) is 0 Å². The third-order valence-electron chi connectivity index (χ3n) is 2.38. The molecule has 0 aliphatic carbocycles. The van der Waals surface area contributed by atoms with Crippen LogP contribution in [0.25, 0.3) is 10.9 Å². The van der Waals surface area contributed by atoms with E-state index < -0.39 is 0 Å². The lowest BCUT2D eigenvalue weighted by atomic mass is 10.2. The van der Waals surface area contributed by atoms with Gasteiger partial charge in [-0.05, 0) is 45.4 Å². The predicted molar refractivity (Wildman–Crippen MR) is 78.4 cm³/mol. The van der Waals surface area contributed by atoms with Gasteiger partial charge in [0.05, 0.1) is 9.99 Å². The lowest BCUT2D eigenvalue weighted by molar-refractivity contribution is 1.02. The number of para-hydroxylation sites is 1. The number of benzene rings is 1. The van der Waals surface area contributed by atoms with Crippen molar-refractivity contribution in [1.29, 1.82) is 0 Å².